The maximum absolute atomic E-state index is 12.6. The molecule has 0 radical (unpaired) electrons. The number of hydrogen-bond donors (Lipinski definition) is 0. The van der Waals surface area contributed by atoms with Gasteiger partial charge in [-0.15, -0.1) is 0 Å². The molecule has 2 nitrogen and oxygen atoms in total. The molecule has 0 N–H and O–H groups in total. The zero-order valence-electron chi connectivity index (χ0n) is 7.60. The molecule has 1 fully saturated rings. The molecule has 1 aromatic rings. The minimum Gasteiger partial charge on any atom is -0.344 e. The van der Waals surface area contributed by atoms with E-state index in [9.17, 15) is 8.78 Å². The van der Waals surface area contributed by atoms with Gasteiger partial charge in [0.15, 0.2) is 0 Å². The Morgan fingerprint density at radius 3 is 2.64 bits per heavy atom. The highest BCUT2D eigenvalue weighted by atomic mass is 79.9. The first-order chi connectivity index (χ1) is 6.48. The summed E-state index contributed by atoms with van der Waals surface area (Å²) >= 11 is 3.31. The average Bonchev–Trinajstić information content (AvgIpc) is 2.06. The molecule has 1 aliphatic heterocycles. The first-order valence-corrected chi connectivity index (χ1v) is 5.02. The maximum Gasteiger partial charge on any atom is 0.282 e. The van der Waals surface area contributed by atoms with Crippen molar-refractivity contribution in [2.75, 3.05) is 18.0 Å². The van der Waals surface area contributed by atoms with Crippen LogP contribution in [0.2, 0.25) is 0 Å². The summed E-state index contributed by atoms with van der Waals surface area (Å²) in [6.45, 7) is 1.47. The lowest BCUT2D eigenvalue weighted by Gasteiger charge is -2.39. The van der Waals surface area contributed by atoms with Gasteiger partial charge in [-0.2, -0.15) is 0 Å². The first kappa shape index (κ1) is 9.83. The third-order valence-electron chi connectivity index (χ3n) is 2.20. The lowest BCUT2D eigenvalue weighted by atomic mass is 10.1. The van der Waals surface area contributed by atoms with Crippen LogP contribution in [0.25, 0.3) is 0 Å². The summed E-state index contributed by atoms with van der Waals surface area (Å²) in [5, 5.41) is 0. The van der Waals surface area contributed by atoms with Gasteiger partial charge in [0.25, 0.3) is 5.92 Å². The molecule has 2 rings (SSSR count). The molecule has 2 heterocycles. The van der Waals surface area contributed by atoms with Crippen LogP contribution in [0.3, 0.4) is 0 Å². The van der Waals surface area contributed by atoms with E-state index in [0.717, 1.165) is 10.0 Å². The second kappa shape index (κ2) is 3.15. The standard InChI is InChI=1S/C9H9BrF2N2/c1-6-2-8(13-3-7(6)10)14-4-9(11,12)5-14/h2-3H,4-5H2,1H3. The van der Waals surface area contributed by atoms with Gasteiger partial charge >= 0.3 is 0 Å². The van der Waals surface area contributed by atoms with Crippen molar-refractivity contribution in [1.82, 2.24) is 4.98 Å². The molecule has 0 saturated carbocycles. The molecule has 0 atom stereocenters. The largest absolute Gasteiger partial charge is 0.344 e. The predicted octanol–water partition coefficient (Wildman–Crippen LogP) is 2.61. The monoisotopic (exact) mass is 262 g/mol. The Labute approximate surface area is 89.1 Å². The number of hydrogen-bond acceptors (Lipinski definition) is 2. The number of nitrogens with zero attached hydrogens (tertiary/aromatic N) is 2. The predicted molar refractivity (Wildman–Crippen MR) is 53.8 cm³/mol. The van der Waals surface area contributed by atoms with Gasteiger partial charge in [-0.3, -0.25) is 0 Å². The van der Waals surface area contributed by atoms with Crippen LogP contribution in [-0.2, 0) is 0 Å². The highest BCUT2D eigenvalue weighted by molar-refractivity contribution is 9.10. The van der Waals surface area contributed by atoms with E-state index in [0.29, 0.717) is 5.82 Å². The molecular weight excluding hydrogens is 254 g/mol. The average molecular weight is 263 g/mol. The Hall–Kier alpha value is -0.710. The van der Waals surface area contributed by atoms with Crippen molar-refractivity contribution < 1.29 is 8.78 Å². The summed E-state index contributed by atoms with van der Waals surface area (Å²) in [5.41, 5.74) is 1.00. The Morgan fingerprint density at radius 2 is 2.14 bits per heavy atom. The van der Waals surface area contributed by atoms with Crippen LogP contribution in [0.4, 0.5) is 14.6 Å². The molecule has 0 aromatic carbocycles. The fraction of sp³-hybridized carbons (Fsp3) is 0.444. The first-order valence-electron chi connectivity index (χ1n) is 4.23. The Morgan fingerprint density at radius 1 is 1.50 bits per heavy atom. The lowest BCUT2D eigenvalue weighted by molar-refractivity contribution is -0.0267. The van der Waals surface area contributed by atoms with Gasteiger partial charge in [-0.25, -0.2) is 13.8 Å². The molecule has 0 amide bonds. The van der Waals surface area contributed by atoms with E-state index in [2.05, 4.69) is 20.9 Å². The third kappa shape index (κ3) is 1.73. The summed E-state index contributed by atoms with van der Waals surface area (Å²) in [5.74, 6) is -1.92. The van der Waals surface area contributed by atoms with Crippen molar-refractivity contribution in [3.63, 3.8) is 0 Å². The van der Waals surface area contributed by atoms with E-state index in [4.69, 9.17) is 0 Å². The quantitative estimate of drug-likeness (QED) is 0.774. The van der Waals surface area contributed by atoms with E-state index >= 15 is 0 Å². The molecule has 14 heavy (non-hydrogen) atoms. The van der Waals surface area contributed by atoms with Gasteiger partial charge in [-0.1, -0.05) is 0 Å². The molecule has 0 spiro atoms. The summed E-state index contributed by atoms with van der Waals surface area (Å²) in [6, 6.07) is 1.80. The number of rotatable bonds is 1. The van der Waals surface area contributed by atoms with Crippen LogP contribution in [0.5, 0.6) is 0 Å². The van der Waals surface area contributed by atoms with Crippen molar-refractivity contribution in [1.29, 1.82) is 0 Å². The van der Waals surface area contributed by atoms with Gasteiger partial charge < -0.3 is 4.90 Å². The van der Waals surface area contributed by atoms with Gasteiger partial charge in [-0.05, 0) is 34.5 Å². The fourth-order valence-electron chi connectivity index (χ4n) is 1.37. The molecule has 0 bridgehead atoms. The molecule has 5 heteroatoms. The summed E-state index contributed by atoms with van der Waals surface area (Å²) in [4.78, 5) is 5.64. The third-order valence-corrected chi connectivity index (χ3v) is 3.03. The van der Waals surface area contributed by atoms with Crippen molar-refractivity contribution in [2.45, 2.75) is 12.8 Å². The molecule has 1 aromatic heterocycles. The van der Waals surface area contributed by atoms with E-state index < -0.39 is 5.92 Å². The molecule has 1 saturated heterocycles. The second-order valence-electron chi connectivity index (χ2n) is 3.50. The minimum atomic E-state index is -2.54. The fourth-order valence-corrected chi connectivity index (χ4v) is 1.59. The number of aryl methyl sites for hydroxylation is 1. The number of alkyl halides is 2. The molecule has 0 aliphatic carbocycles. The molecule has 76 valence electrons. The number of aromatic nitrogens is 1. The van der Waals surface area contributed by atoms with E-state index in [1.54, 1.807) is 17.2 Å². The van der Waals surface area contributed by atoms with E-state index in [1.165, 1.54) is 0 Å². The second-order valence-corrected chi connectivity index (χ2v) is 4.36. The minimum absolute atomic E-state index is 0.221. The van der Waals surface area contributed by atoms with Crippen molar-refractivity contribution >= 4 is 21.7 Å². The van der Waals surface area contributed by atoms with Crippen molar-refractivity contribution in [2.24, 2.45) is 0 Å². The summed E-state index contributed by atoms with van der Waals surface area (Å²) < 4.78 is 26.0. The van der Waals surface area contributed by atoms with Crippen LogP contribution in [0.1, 0.15) is 5.56 Å². The van der Waals surface area contributed by atoms with Crippen LogP contribution >= 0.6 is 15.9 Å². The van der Waals surface area contributed by atoms with Gasteiger partial charge in [0.2, 0.25) is 0 Å². The summed E-state index contributed by atoms with van der Waals surface area (Å²) in [6.07, 6.45) is 1.64. The van der Waals surface area contributed by atoms with E-state index in [-0.39, 0.29) is 13.1 Å². The summed E-state index contributed by atoms with van der Waals surface area (Å²) in [7, 11) is 0. The zero-order chi connectivity index (χ0) is 10.3. The smallest absolute Gasteiger partial charge is 0.282 e. The van der Waals surface area contributed by atoms with Gasteiger partial charge in [0.05, 0.1) is 13.1 Å². The van der Waals surface area contributed by atoms with Crippen LogP contribution in [0.15, 0.2) is 16.7 Å². The topological polar surface area (TPSA) is 16.1 Å². The van der Waals surface area contributed by atoms with Crippen LogP contribution in [-0.4, -0.2) is 24.0 Å². The normalized spacial score (nSPS) is 19.3. The van der Waals surface area contributed by atoms with E-state index in [1.807, 2.05) is 6.92 Å². The Kier molecular flexibility index (Phi) is 2.21. The maximum atomic E-state index is 12.6. The molecular formula is C9H9BrF2N2. The number of anilines is 1. The van der Waals surface area contributed by atoms with Crippen LogP contribution < -0.4 is 4.90 Å². The molecule has 1 aliphatic rings. The number of halogens is 3. The lowest BCUT2D eigenvalue weighted by Crippen LogP contribution is -2.56. The van der Waals surface area contributed by atoms with Crippen molar-refractivity contribution in [3.05, 3.63) is 22.3 Å². The Bertz CT molecular complexity index is 360. The molecule has 0 unspecified atom stereocenters. The Balaban J connectivity index is 2.16. The van der Waals surface area contributed by atoms with Crippen molar-refractivity contribution in [3.8, 4) is 0 Å². The number of pyridine rings is 1. The van der Waals surface area contributed by atoms with Gasteiger partial charge in [0.1, 0.15) is 5.82 Å². The van der Waals surface area contributed by atoms with Crippen LogP contribution in [0, 0.1) is 6.92 Å². The zero-order valence-corrected chi connectivity index (χ0v) is 9.18. The highest BCUT2D eigenvalue weighted by Crippen LogP contribution is 2.31. The SMILES string of the molecule is Cc1cc(N2CC(F)(F)C2)ncc1Br. The highest BCUT2D eigenvalue weighted by Gasteiger charge is 2.44. The van der Waals surface area contributed by atoms with Gasteiger partial charge in [0, 0.05) is 10.7 Å².